The number of amides is 2. The second-order valence-electron chi connectivity index (χ2n) is 6.98. The summed E-state index contributed by atoms with van der Waals surface area (Å²) >= 11 is 0. The average molecular weight is 385 g/mol. The summed E-state index contributed by atoms with van der Waals surface area (Å²) in [7, 11) is -2.65. The number of nitrogens with zero attached hydrogens (tertiary/aromatic N) is 3. The van der Waals surface area contributed by atoms with Crippen LogP contribution in [0, 0.1) is 6.92 Å². The lowest BCUT2D eigenvalue weighted by atomic mass is 10.0. The fraction of sp³-hybridized carbons (Fsp3) is 0.316. The fourth-order valence-corrected chi connectivity index (χ4v) is 4.94. The van der Waals surface area contributed by atoms with E-state index in [0.29, 0.717) is 17.4 Å². The molecule has 2 aliphatic heterocycles. The zero-order valence-corrected chi connectivity index (χ0v) is 15.9. The number of benzene rings is 1. The van der Waals surface area contributed by atoms with Crippen molar-refractivity contribution in [3.05, 3.63) is 58.9 Å². The maximum Gasteiger partial charge on any atom is 0.268 e. The van der Waals surface area contributed by atoms with Gasteiger partial charge in [0.1, 0.15) is 4.90 Å². The molecule has 1 atom stereocenters. The summed E-state index contributed by atoms with van der Waals surface area (Å²) in [4.78, 5) is 30.9. The normalized spacial score (nSPS) is 20.8. The standard InChI is InChI=1S/C19H19N3O4S/c1-12-5-7-20-16(9-12)14-6-8-22(11-14)18(23)13-3-4-15-17(10-13)27(25,26)21(2)19(15)24/h3-5,7,9-10,14H,6,8,11H2,1-2H3. The van der Waals surface area contributed by atoms with Crippen LogP contribution in [0.15, 0.2) is 41.4 Å². The van der Waals surface area contributed by atoms with E-state index in [-0.39, 0.29) is 27.8 Å². The van der Waals surface area contributed by atoms with Gasteiger partial charge in [-0.25, -0.2) is 12.7 Å². The maximum absolute atomic E-state index is 12.9. The van der Waals surface area contributed by atoms with E-state index in [1.54, 1.807) is 11.1 Å². The minimum absolute atomic E-state index is 0.100. The molecule has 0 saturated carbocycles. The second kappa shape index (κ2) is 6.16. The molecule has 0 bridgehead atoms. The van der Waals surface area contributed by atoms with E-state index in [9.17, 15) is 18.0 Å². The van der Waals surface area contributed by atoms with E-state index in [1.807, 2.05) is 19.1 Å². The minimum Gasteiger partial charge on any atom is -0.338 e. The first-order valence-electron chi connectivity index (χ1n) is 8.68. The Morgan fingerprint density at radius 1 is 1.22 bits per heavy atom. The monoisotopic (exact) mass is 385 g/mol. The first kappa shape index (κ1) is 17.7. The Morgan fingerprint density at radius 2 is 2.00 bits per heavy atom. The Kier molecular flexibility index (Phi) is 4.03. The van der Waals surface area contributed by atoms with Crippen molar-refractivity contribution in [3.8, 4) is 0 Å². The van der Waals surface area contributed by atoms with Gasteiger partial charge in [-0.3, -0.25) is 14.6 Å². The molecule has 0 N–H and O–H groups in total. The van der Waals surface area contributed by atoms with Gasteiger partial charge in [0, 0.05) is 43.5 Å². The van der Waals surface area contributed by atoms with Gasteiger partial charge < -0.3 is 4.90 Å². The molecule has 1 saturated heterocycles. The highest BCUT2D eigenvalue weighted by Crippen LogP contribution is 2.31. The van der Waals surface area contributed by atoms with Crippen molar-refractivity contribution in [1.29, 1.82) is 0 Å². The number of pyridine rings is 1. The Morgan fingerprint density at radius 3 is 2.74 bits per heavy atom. The number of sulfonamides is 1. The Bertz CT molecular complexity index is 1060. The fourth-order valence-electron chi connectivity index (χ4n) is 3.62. The molecule has 1 aromatic carbocycles. The number of hydrogen-bond acceptors (Lipinski definition) is 5. The zero-order chi connectivity index (χ0) is 19.3. The van der Waals surface area contributed by atoms with Crippen molar-refractivity contribution in [3.63, 3.8) is 0 Å². The van der Waals surface area contributed by atoms with Crippen LogP contribution < -0.4 is 0 Å². The van der Waals surface area contributed by atoms with E-state index in [1.165, 1.54) is 25.2 Å². The van der Waals surface area contributed by atoms with Crippen molar-refractivity contribution in [2.24, 2.45) is 0 Å². The summed E-state index contributed by atoms with van der Waals surface area (Å²) in [6.45, 7) is 3.13. The molecule has 8 heteroatoms. The molecule has 0 radical (unpaired) electrons. The number of carbonyl (C=O) groups excluding carboxylic acids is 2. The number of carbonyl (C=O) groups is 2. The molecule has 1 aromatic heterocycles. The lowest BCUT2D eigenvalue weighted by Gasteiger charge is -2.17. The Labute approximate surface area is 157 Å². The Balaban J connectivity index is 1.58. The lowest BCUT2D eigenvalue weighted by Crippen LogP contribution is -2.28. The third-order valence-electron chi connectivity index (χ3n) is 5.21. The van der Waals surface area contributed by atoms with Crippen LogP contribution in [0.3, 0.4) is 0 Å². The second-order valence-corrected chi connectivity index (χ2v) is 8.92. The SMILES string of the molecule is Cc1ccnc(C2CCN(C(=O)c3ccc4c(c3)S(=O)(=O)N(C)C4=O)C2)c1. The molecule has 4 rings (SSSR count). The van der Waals surface area contributed by atoms with Gasteiger partial charge >= 0.3 is 0 Å². The van der Waals surface area contributed by atoms with Gasteiger partial charge in [-0.05, 0) is 49.2 Å². The third-order valence-corrected chi connectivity index (χ3v) is 6.99. The summed E-state index contributed by atoms with van der Waals surface area (Å²) in [5.74, 6) is -0.638. The molecule has 2 aromatic rings. The highest BCUT2D eigenvalue weighted by Gasteiger charge is 2.39. The molecule has 0 aliphatic carbocycles. The minimum atomic E-state index is -3.87. The van der Waals surface area contributed by atoms with Crippen molar-refractivity contribution in [2.45, 2.75) is 24.2 Å². The van der Waals surface area contributed by atoms with Gasteiger partial charge in [0.25, 0.3) is 21.8 Å². The van der Waals surface area contributed by atoms with Crippen LogP contribution in [0.5, 0.6) is 0 Å². The van der Waals surface area contributed by atoms with Gasteiger partial charge in [-0.2, -0.15) is 0 Å². The molecule has 2 amide bonds. The van der Waals surface area contributed by atoms with Crippen LogP contribution in [0.25, 0.3) is 0 Å². The average Bonchev–Trinajstić information content (AvgIpc) is 3.21. The van der Waals surface area contributed by atoms with Crippen molar-refractivity contribution >= 4 is 21.8 Å². The molecular weight excluding hydrogens is 366 g/mol. The van der Waals surface area contributed by atoms with Gasteiger partial charge in [0.2, 0.25) is 0 Å². The number of fused-ring (bicyclic) bond motifs is 1. The van der Waals surface area contributed by atoms with Gasteiger partial charge in [-0.15, -0.1) is 0 Å². The van der Waals surface area contributed by atoms with Crippen molar-refractivity contribution in [2.75, 3.05) is 20.1 Å². The van der Waals surface area contributed by atoms with E-state index in [2.05, 4.69) is 4.98 Å². The first-order chi connectivity index (χ1) is 12.8. The van der Waals surface area contributed by atoms with Crippen LogP contribution in [0.2, 0.25) is 0 Å². The zero-order valence-electron chi connectivity index (χ0n) is 15.0. The number of hydrogen-bond donors (Lipinski definition) is 0. The van der Waals surface area contributed by atoms with Gasteiger partial charge in [-0.1, -0.05) is 0 Å². The summed E-state index contributed by atoms with van der Waals surface area (Å²) in [5.41, 5.74) is 2.48. The largest absolute Gasteiger partial charge is 0.338 e. The van der Waals surface area contributed by atoms with E-state index in [4.69, 9.17) is 0 Å². The van der Waals surface area contributed by atoms with E-state index < -0.39 is 15.9 Å². The van der Waals surface area contributed by atoms with Gasteiger partial charge in [0.05, 0.1) is 5.56 Å². The molecule has 1 unspecified atom stereocenters. The predicted octanol–water partition coefficient (Wildman–Crippen LogP) is 1.79. The summed E-state index contributed by atoms with van der Waals surface area (Å²) in [6.07, 6.45) is 2.58. The molecule has 2 aliphatic rings. The number of likely N-dealkylation sites (tertiary alicyclic amines) is 1. The van der Waals surface area contributed by atoms with Gasteiger partial charge in [0.15, 0.2) is 0 Å². The van der Waals surface area contributed by atoms with E-state index >= 15 is 0 Å². The molecule has 3 heterocycles. The van der Waals surface area contributed by atoms with Crippen molar-refractivity contribution < 1.29 is 18.0 Å². The van der Waals surface area contributed by atoms with E-state index in [0.717, 1.165) is 17.7 Å². The molecular formula is C19H19N3O4S. The summed E-state index contributed by atoms with van der Waals surface area (Å²) in [5, 5.41) is 0. The molecule has 0 spiro atoms. The highest BCUT2D eigenvalue weighted by atomic mass is 32.2. The smallest absolute Gasteiger partial charge is 0.268 e. The maximum atomic E-state index is 12.9. The summed E-state index contributed by atoms with van der Waals surface area (Å²) < 4.78 is 25.4. The van der Waals surface area contributed by atoms with Crippen LogP contribution in [-0.2, 0) is 10.0 Å². The Hall–Kier alpha value is -2.74. The van der Waals surface area contributed by atoms with Crippen LogP contribution in [0.1, 0.15) is 44.3 Å². The first-order valence-corrected chi connectivity index (χ1v) is 10.1. The quantitative estimate of drug-likeness (QED) is 0.787. The lowest BCUT2D eigenvalue weighted by molar-refractivity contribution is 0.0789. The van der Waals surface area contributed by atoms with Crippen LogP contribution in [-0.4, -0.2) is 54.6 Å². The third kappa shape index (κ3) is 2.80. The number of aryl methyl sites for hydroxylation is 1. The number of aromatic nitrogens is 1. The molecule has 1 fully saturated rings. The number of rotatable bonds is 2. The molecule has 140 valence electrons. The topological polar surface area (TPSA) is 87.7 Å². The summed E-state index contributed by atoms with van der Waals surface area (Å²) in [6, 6.07) is 8.22. The van der Waals surface area contributed by atoms with Crippen molar-refractivity contribution in [1.82, 2.24) is 14.2 Å². The predicted molar refractivity (Wildman–Crippen MR) is 98.0 cm³/mol. The molecule has 7 nitrogen and oxygen atoms in total. The highest BCUT2D eigenvalue weighted by molar-refractivity contribution is 7.90. The van der Waals surface area contributed by atoms with Crippen LogP contribution in [0.4, 0.5) is 0 Å². The molecule has 27 heavy (non-hydrogen) atoms. The van der Waals surface area contributed by atoms with Crippen LogP contribution >= 0.6 is 0 Å².